The molecule has 0 unspecified atom stereocenters. The molecule has 2 saturated heterocycles. The first-order valence-electron chi connectivity index (χ1n) is 13.7. The molecular weight excluding hydrogens is 560 g/mol. The van der Waals surface area contributed by atoms with E-state index in [0.29, 0.717) is 30.1 Å². The van der Waals surface area contributed by atoms with Gasteiger partial charge in [-0.2, -0.15) is 4.98 Å². The second-order valence-corrected chi connectivity index (χ2v) is 12.5. The minimum atomic E-state index is -4.09. The number of carbonyl (C=O) groups excluding carboxylic acids is 2. The Balaban J connectivity index is 1.35. The molecule has 3 aliphatic rings. The van der Waals surface area contributed by atoms with Crippen molar-refractivity contribution in [2.75, 3.05) is 58.4 Å². The average molecular weight is 594 g/mol. The van der Waals surface area contributed by atoms with Gasteiger partial charge in [-0.05, 0) is 56.2 Å². The first-order chi connectivity index (χ1) is 19.5. The van der Waals surface area contributed by atoms with Crippen molar-refractivity contribution in [1.29, 1.82) is 0 Å². The monoisotopic (exact) mass is 593 g/mol. The summed E-state index contributed by atoms with van der Waals surface area (Å²) in [4.78, 5) is 41.8. The first kappa shape index (κ1) is 28.9. The van der Waals surface area contributed by atoms with Crippen LogP contribution in [0.2, 0.25) is 0 Å². The molecule has 5 rings (SSSR count). The minimum Gasteiger partial charge on any atom is -0.465 e. The van der Waals surface area contributed by atoms with Gasteiger partial charge in [-0.25, -0.2) is 27.2 Å². The number of hydrogen-bond acceptors (Lipinski definition) is 10. The van der Waals surface area contributed by atoms with E-state index in [0.717, 1.165) is 12.8 Å². The third kappa shape index (κ3) is 7.18. The number of aromatic nitrogens is 3. The van der Waals surface area contributed by atoms with E-state index in [-0.39, 0.29) is 49.9 Å². The molecule has 0 atom stereocenters. The van der Waals surface area contributed by atoms with Crippen LogP contribution < -0.4 is 19.8 Å². The number of sulfonamides is 1. The molecule has 0 radical (unpaired) electrons. The van der Waals surface area contributed by atoms with Gasteiger partial charge in [0.1, 0.15) is 17.5 Å². The van der Waals surface area contributed by atoms with E-state index in [4.69, 9.17) is 4.74 Å². The number of halogens is 2. The topological polar surface area (TPSA) is 147 Å². The van der Waals surface area contributed by atoms with Crippen molar-refractivity contribution in [3.63, 3.8) is 0 Å². The van der Waals surface area contributed by atoms with Gasteiger partial charge in [0.2, 0.25) is 16.0 Å². The molecule has 41 heavy (non-hydrogen) atoms. The molecule has 4 heterocycles. The molecule has 2 N–H and O–H groups in total. The molecule has 1 saturated carbocycles. The summed E-state index contributed by atoms with van der Waals surface area (Å²) in [5, 5.41) is 2.67. The summed E-state index contributed by atoms with van der Waals surface area (Å²) in [5.41, 5.74) is 0.543. The normalized spacial score (nSPS) is 19.5. The second kappa shape index (κ2) is 11.3. The zero-order chi connectivity index (χ0) is 29.3. The SMILES string of the molecule is CCOC(=O)CS(=O)(=O)Nc1ccc(C(=O)Nc2nccc(N3CCC(F)(F)CC3)n2)c(N2CCC3(CC2)CC3)n1. The van der Waals surface area contributed by atoms with Crippen LogP contribution in [0.1, 0.15) is 55.8 Å². The number of nitrogens with zero attached hydrogens (tertiary/aromatic N) is 5. The van der Waals surface area contributed by atoms with Gasteiger partial charge in [0, 0.05) is 45.2 Å². The molecule has 2 aromatic rings. The summed E-state index contributed by atoms with van der Waals surface area (Å²) in [7, 11) is -4.09. The van der Waals surface area contributed by atoms with Crippen LogP contribution in [-0.2, 0) is 19.6 Å². The van der Waals surface area contributed by atoms with Gasteiger partial charge in [0.25, 0.3) is 11.8 Å². The second-order valence-electron chi connectivity index (χ2n) is 10.8. The fraction of sp³-hybridized carbons (Fsp3) is 0.577. The van der Waals surface area contributed by atoms with Crippen LogP contribution in [0.5, 0.6) is 0 Å². The molecule has 0 aromatic carbocycles. The van der Waals surface area contributed by atoms with Crippen LogP contribution >= 0.6 is 0 Å². The van der Waals surface area contributed by atoms with Gasteiger partial charge in [-0.1, -0.05) is 0 Å². The molecule has 1 amide bonds. The third-order valence-corrected chi connectivity index (χ3v) is 8.89. The molecule has 222 valence electrons. The lowest BCUT2D eigenvalue weighted by Crippen LogP contribution is -2.39. The van der Waals surface area contributed by atoms with Crippen LogP contribution in [0.15, 0.2) is 24.4 Å². The van der Waals surface area contributed by atoms with E-state index >= 15 is 0 Å². The molecule has 0 bridgehead atoms. The Bertz CT molecular complexity index is 1400. The highest BCUT2D eigenvalue weighted by Crippen LogP contribution is 2.54. The van der Waals surface area contributed by atoms with E-state index < -0.39 is 33.6 Å². The summed E-state index contributed by atoms with van der Waals surface area (Å²) < 4.78 is 59.3. The Hall–Kier alpha value is -3.62. The fourth-order valence-electron chi connectivity index (χ4n) is 5.16. The largest absolute Gasteiger partial charge is 0.465 e. The standard InChI is InChI=1S/C26H33F2N7O5S/c1-2-40-21(36)17-41(38,39)33-19-4-3-18(22(30-19)35-13-8-25(6-7-25)9-14-35)23(37)32-24-29-12-5-20(31-24)34-15-10-26(27,28)11-16-34/h3-5,12H,2,6-11,13-17H2,1H3,(H,30,33)(H,29,31,32,37). The van der Waals surface area contributed by atoms with Crippen molar-refractivity contribution < 1.29 is 31.5 Å². The maximum atomic E-state index is 13.6. The predicted molar refractivity (Wildman–Crippen MR) is 148 cm³/mol. The van der Waals surface area contributed by atoms with Crippen LogP contribution in [0.25, 0.3) is 0 Å². The number of esters is 1. The number of alkyl halides is 2. The van der Waals surface area contributed by atoms with Gasteiger partial charge in [0.05, 0.1) is 12.2 Å². The Morgan fingerprint density at radius 3 is 2.32 bits per heavy atom. The van der Waals surface area contributed by atoms with Crippen molar-refractivity contribution in [3.8, 4) is 0 Å². The fourth-order valence-corrected chi connectivity index (χ4v) is 6.06. The Morgan fingerprint density at radius 2 is 1.66 bits per heavy atom. The smallest absolute Gasteiger partial charge is 0.323 e. The quantitative estimate of drug-likeness (QED) is 0.416. The predicted octanol–water partition coefficient (Wildman–Crippen LogP) is 3.04. The van der Waals surface area contributed by atoms with Crippen molar-refractivity contribution in [1.82, 2.24) is 15.0 Å². The molecule has 15 heteroatoms. The van der Waals surface area contributed by atoms with Crippen LogP contribution in [0, 0.1) is 5.41 Å². The molecular formula is C26H33F2N7O5S. The number of pyridine rings is 1. The Kier molecular flexibility index (Phi) is 7.99. The summed E-state index contributed by atoms with van der Waals surface area (Å²) in [6, 6.07) is 4.40. The molecule has 1 aliphatic carbocycles. The summed E-state index contributed by atoms with van der Waals surface area (Å²) >= 11 is 0. The molecule has 1 spiro atoms. The average Bonchev–Trinajstić information content (AvgIpc) is 3.67. The van der Waals surface area contributed by atoms with Gasteiger partial charge < -0.3 is 14.5 Å². The van der Waals surface area contributed by atoms with Crippen LogP contribution in [0.3, 0.4) is 0 Å². The molecule has 2 aromatic heterocycles. The number of rotatable bonds is 9. The van der Waals surface area contributed by atoms with Crippen LogP contribution in [0.4, 0.5) is 32.2 Å². The number of nitrogens with one attached hydrogen (secondary N) is 2. The highest BCUT2D eigenvalue weighted by molar-refractivity contribution is 7.93. The maximum Gasteiger partial charge on any atom is 0.323 e. The highest BCUT2D eigenvalue weighted by Gasteiger charge is 2.45. The van der Waals surface area contributed by atoms with Gasteiger partial charge >= 0.3 is 5.97 Å². The van der Waals surface area contributed by atoms with Gasteiger partial charge in [-0.3, -0.25) is 19.6 Å². The summed E-state index contributed by atoms with van der Waals surface area (Å²) in [6.45, 7) is 3.20. The van der Waals surface area contributed by atoms with Gasteiger partial charge in [0.15, 0.2) is 5.75 Å². The zero-order valence-electron chi connectivity index (χ0n) is 22.7. The zero-order valence-corrected chi connectivity index (χ0v) is 23.6. The van der Waals surface area contributed by atoms with E-state index in [9.17, 15) is 26.8 Å². The van der Waals surface area contributed by atoms with Crippen molar-refractivity contribution in [2.24, 2.45) is 5.41 Å². The molecule has 2 aliphatic heterocycles. The van der Waals surface area contributed by atoms with E-state index in [2.05, 4.69) is 25.0 Å². The van der Waals surface area contributed by atoms with Crippen LogP contribution in [-0.4, -0.2) is 79.7 Å². The lowest BCUT2D eigenvalue weighted by molar-refractivity contribution is -0.139. The van der Waals surface area contributed by atoms with Crippen molar-refractivity contribution in [2.45, 2.75) is 51.4 Å². The number of hydrogen-bond donors (Lipinski definition) is 2. The number of ether oxygens (including phenoxy) is 1. The summed E-state index contributed by atoms with van der Waals surface area (Å²) in [6.07, 6.45) is 5.13. The van der Waals surface area contributed by atoms with Crippen molar-refractivity contribution in [3.05, 3.63) is 30.0 Å². The van der Waals surface area contributed by atoms with Crippen molar-refractivity contribution >= 4 is 45.3 Å². The molecule has 12 nitrogen and oxygen atoms in total. The lowest BCUT2D eigenvalue weighted by atomic mass is 9.93. The number of anilines is 4. The Labute approximate surface area is 236 Å². The highest BCUT2D eigenvalue weighted by atomic mass is 32.2. The minimum absolute atomic E-state index is 0.00516. The summed E-state index contributed by atoms with van der Waals surface area (Å²) in [5.74, 6) is -4.31. The van der Waals surface area contributed by atoms with E-state index in [1.54, 1.807) is 17.9 Å². The first-order valence-corrected chi connectivity index (χ1v) is 15.3. The van der Waals surface area contributed by atoms with E-state index in [1.165, 1.54) is 31.2 Å². The number of carbonyl (C=O) groups is 2. The maximum absolute atomic E-state index is 13.6. The van der Waals surface area contributed by atoms with E-state index in [1.807, 2.05) is 4.90 Å². The Morgan fingerprint density at radius 1 is 0.976 bits per heavy atom. The lowest BCUT2D eigenvalue weighted by Gasteiger charge is -2.34. The number of piperidine rings is 2. The third-order valence-electron chi connectivity index (χ3n) is 7.76. The van der Waals surface area contributed by atoms with Gasteiger partial charge in [-0.15, -0.1) is 0 Å². The number of amides is 1. The molecule has 3 fully saturated rings.